The van der Waals surface area contributed by atoms with E-state index in [1.807, 2.05) is 0 Å². The van der Waals surface area contributed by atoms with Crippen LogP contribution in [0.5, 0.6) is 11.6 Å². The molecular weight excluding hydrogens is 391 g/mol. The summed E-state index contributed by atoms with van der Waals surface area (Å²) in [5.41, 5.74) is 0.909. The fraction of sp³-hybridized carbons (Fsp3) is 0.333. The lowest BCUT2D eigenvalue weighted by atomic mass is 10.1. The summed E-state index contributed by atoms with van der Waals surface area (Å²) in [6.45, 7) is 2.08. The Kier molecular flexibility index (Phi) is 4.91. The van der Waals surface area contributed by atoms with Crippen molar-refractivity contribution in [3.63, 3.8) is 0 Å². The zero-order valence-electron chi connectivity index (χ0n) is 12.3. The van der Waals surface area contributed by atoms with Crippen molar-refractivity contribution >= 4 is 15.9 Å². The zero-order valence-corrected chi connectivity index (χ0v) is 13.9. The minimum absolute atomic E-state index is 0.0355. The monoisotopic (exact) mass is 403 g/mol. The Morgan fingerprint density at radius 2 is 1.83 bits per heavy atom. The number of aromatic nitrogens is 2. The number of likely N-dealkylation sites (tertiary alicyclic amines) is 1. The van der Waals surface area contributed by atoms with Gasteiger partial charge in [-0.2, -0.15) is 0 Å². The average molecular weight is 404 g/mol. The van der Waals surface area contributed by atoms with E-state index in [1.54, 1.807) is 24.5 Å². The highest BCUT2D eigenvalue weighted by atomic mass is 79.9. The largest absolute Gasteiger partial charge is 0.573 e. The van der Waals surface area contributed by atoms with E-state index in [2.05, 4.69) is 35.5 Å². The van der Waals surface area contributed by atoms with Crippen LogP contribution in [0.1, 0.15) is 5.56 Å². The van der Waals surface area contributed by atoms with Gasteiger partial charge in [0.15, 0.2) is 0 Å². The molecule has 3 rings (SSSR count). The van der Waals surface area contributed by atoms with Gasteiger partial charge in [-0.1, -0.05) is 12.1 Å². The van der Waals surface area contributed by atoms with E-state index < -0.39 is 6.36 Å². The van der Waals surface area contributed by atoms with Crippen LogP contribution in [0.25, 0.3) is 0 Å². The lowest BCUT2D eigenvalue weighted by molar-refractivity contribution is -0.274. The first-order valence-corrected chi connectivity index (χ1v) is 7.88. The van der Waals surface area contributed by atoms with Crippen LogP contribution in [0, 0.1) is 0 Å². The Morgan fingerprint density at radius 1 is 1.12 bits per heavy atom. The number of hydrogen-bond acceptors (Lipinski definition) is 5. The third kappa shape index (κ3) is 4.81. The molecule has 1 aromatic heterocycles. The summed E-state index contributed by atoms with van der Waals surface area (Å²) in [5.74, 6) is 0.251. The van der Waals surface area contributed by atoms with Gasteiger partial charge in [0.2, 0.25) is 5.88 Å². The second kappa shape index (κ2) is 6.94. The van der Waals surface area contributed by atoms with Crippen molar-refractivity contribution < 1.29 is 22.6 Å². The van der Waals surface area contributed by atoms with Gasteiger partial charge in [0.05, 0.1) is 12.4 Å². The average Bonchev–Trinajstić information content (AvgIpc) is 2.47. The van der Waals surface area contributed by atoms with Gasteiger partial charge in [-0.05, 0) is 33.6 Å². The zero-order chi connectivity index (χ0) is 17.2. The van der Waals surface area contributed by atoms with E-state index in [0.717, 1.165) is 18.7 Å². The van der Waals surface area contributed by atoms with Crippen LogP contribution in [0.3, 0.4) is 0 Å². The summed E-state index contributed by atoms with van der Waals surface area (Å²) in [4.78, 5) is 10.2. The molecule has 0 spiro atoms. The van der Waals surface area contributed by atoms with Crippen molar-refractivity contribution in [2.24, 2.45) is 0 Å². The Hall–Kier alpha value is -1.87. The van der Waals surface area contributed by atoms with Crippen molar-refractivity contribution in [1.82, 2.24) is 14.9 Å². The smallest absolute Gasteiger partial charge is 0.471 e. The van der Waals surface area contributed by atoms with E-state index in [-0.39, 0.29) is 11.9 Å². The van der Waals surface area contributed by atoms with Crippen LogP contribution in [0.4, 0.5) is 13.2 Å². The first-order chi connectivity index (χ1) is 11.4. The van der Waals surface area contributed by atoms with E-state index >= 15 is 0 Å². The van der Waals surface area contributed by atoms with Gasteiger partial charge in [0.1, 0.15) is 16.5 Å². The highest BCUT2D eigenvalue weighted by Gasteiger charge is 2.31. The number of benzene rings is 1. The number of halogens is 4. The van der Waals surface area contributed by atoms with Gasteiger partial charge >= 0.3 is 6.36 Å². The summed E-state index contributed by atoms with van der Waals surface area (Å²) in [7, 11) is 0. The normalized spacial score (nSPS) is 15.8. The minimum Gasteiger partial charge on any atom is -0.471 e. The molecule has 0 radical (unpaired) electrons. The van der Waals surface area contributed by atoms with Gasteiger partial charge in [-0.3, -0.25) is 4.90 Å². The van der Waals surface area contributed by atoms with Crippen LogP contribution in [-0.4, -0.2) is 40.4 Å². The van der Waals surface area contributed by atoms with Gasteiger partial charge in [-0.15, -0.1) is 13.2 Å². The van der Waals surface area contributed by atoms with Crippen molar-refractivity contribution in [2.75, 3.05) is 13.1 Å². The molecule has 1 aliphatic heterocycles. The summed E-state index contributed by atoms with van der Waals surface area (Å²) in [6, 6.07) is 5.87. The molecule has 1 aromatic carbocycles. The molecule has 0 amide bonds. The first kappa shape index (κ1) is 17.0. The highest BCUT2D eigenvalue weighted by molar-refractivity contribution is 9.10. The molecule has 0 unspecified atom stereocenters. The maximum absolute atomic E-state index is 12.1. The molecule has 2 heterocycles. The molecule has 2 aromatic rings. The summed E-state index contributed by atoms with van der Waals surface area (Å²) >= 11 is 3.20. The van der Waals surface area contributed by atoms with Gasteiger partial charge < -0.3 is 9.47 Å². The van der Waals surface area contributed by atoms with Gasteiger partial charge in [-0.25, -0.2) is 9.97 Å². The number of ether oxygens (including phenoxy) is 2. The highest BCUT2D eigenvalue weighted by Crippen LogP contribution is 2.24. The van der Waals surface area contributed by atoms with E-state index in [0.29, 0.717) is 17.0 Å². The molecular formula is C15H13BrF3N3O2. The molecule has 9 heteroatoms. The predicted octanol–water partition coefficient (Wildman–Crippen LogP) is 3.40. The van der Waals surface area contributed by atoms with E-state index in [4.69, 9.17) is 4.74 Å². The molecule has 5 nitrogen and oxygen atoms in total. The predicted molar refractivity (Wildman–Crippen MR) is 82.6 cm³/mol. The fourth-order valence-electron chi connectivity index (χ4n) is 2.31. The Morgan fingerprint density at radius 3 is 2.42 bits per heavy atom. The van der Waals surface area contributed by atoms with Crippen molar-refractivity contribution in [3.05, 3.63) is 46.8 Å². The SMILES string of the molecule is FC(F)(F)Oc1ccc(CN2CC(Oc3cnc(Br)cn3)C2)cc1. The van der Waals surface area contributed by atoms with Crippen molar-refractivity contribution in [3.8, 4) is 11.6 Å². The number of hydrogen-bond donors (Lipinski definition) is 0. The standard InChI is InChI=1S/C15H13BrF3N3O2/c16-13-5-21-14(6-20-13)23-12-8-22(9-12)7-10-1-3-11(4-2-10)24-15(17,18)19/h1-6,12H,7-9H2. The molecule has 128 valence electrons. The quantitative estimate of drug-likeness (QED) is 0.765. The second-order valence-electron chi connectivity index (χ2n) is 5.30. The van der Waals surface area contributed by atoms with Gasteiger partial charge in [0.25, 0.3) is 0 Å². The van der Waals surface area contributed by atoms with Crippen LogP contribution < -0.4 is 9.47 Å². The van der Waals surface area contributed by atoms with E-state index in [1.165, 1.54) is 12.1 Å². The third-order valence-corrected chi connectivity index (χ3v) is 3.78. The molecule has 1 aliphatic rings. The van der Waals surface area contributed by atoms with Crippen LogP contribution in [0.2, 0.25) is 0 Å². The summed E-state index contributed by atoms with van der Waals surface area (Å²) in [6.07, 6.45) is -1.52. The lowest BCUT2D eigenvalue weighted by Crippen LogP contribution is -2.53. The van der Waals surface area contributed by atoms with Crippen molar-refractivity contribution in [2.45, 2.75) is 19.0 Å². The molecule has 0 aliphatic carbocycles. The third-order valence-electron chi connectivity index (χ3n) is 3.37. The molecule has 1 fully saturated rings. The Bertz CT molecular complexity index is 674. The van der Waals surface area contributed by atoms with Crippen LogP contribution in [0.15, 0.2) is 41.3 Å². The second-order valence-corrected chi connectivity index (χ2v) is 6.12. The molecule has 0 atom stereocenters. The lowest BCUT2D eigenvalue weighted by Gasteiger charge is -2.38. The first-order valence-electron chi connectivity index (χ1n) is 7.09. The maximum atomic E-state index is 12.1. The number of rotatable bonds is 5. The molecule has 1 saturated heterocycles. The van der Waals surface area contributed by atoms with Gasteiger partial charge in [0, 0.05) is 19.6 Å². The fourth-order valence-corrected chi connectivity index (χ4v) is 2.52. The van der Waals surface area contributed by atoms with Crippen LogP contribution >= 0.6 is 15.9 Å². The number of nitrogens with zero attached hydrogens (tertiary/aromatic N) is 3. The topological polar surface area (TPSA) is 47.5 Å². The maximum Gasteiger partial charge on any atom is 0.573 e. The van der Waals surface area contributed by atoms with Crippen LogP contribution in [-0.2, 0) is 6.54 Å². The minimum atomic E-state index is -4.67. The Balaban J connectivity index is 1.44. The molecule has 0 saturated carbocycles. The molecule has 0 N–H and O–H groups in total. The molecule has 24 heavy (non-hydrogen) atoms. The summed E-state index contributed by atoms with van der Waals surface area (Å²) in [5, 5.41) is 0. The van der Waals surface area contributed by atoms with E-state index in [9.17, 15) is 13.2 Å². The number of alkyl halides is 3. The Labute approximate surface area is 144 Å². The van der Waals surface area contributed by atoms with Crippen molar-refractivity contribution in [1.29, 1.82) is 0 Å². The summed E-state index contributed by atoms with van der Waals surface area (Å²) < 4.78 is 46.5. The molecule has 0 bridgehead atoms.